The Labute approximate surface area is 128 Å². The van der Waals surface area contributed by atoms with Crippen LogP contribution >= 0.6 is 11.3 Å². The summed E-state index contributed by atoms with van der Waals surface area (Å²) in [6.45, 7) is 6.56. The predicted octanol–water partition coefficient (Wildman–Crippen LogP) is 4.37. The highest BCUT2D eigenvalue weighted by atomic mass is 32.1. The molecule has 0 spiro atoms. The van der Waals surface area contributed by atoms with E-state index in [1.165, 1.54) is 61.4 Å². The van der Waals surface area contributed by atoms with Crippen LogP contribution in [0.5, 0.6) is 0 Å². The minimum Gasteiger partial charge on any atom is -0.317 e. The Morgan fingerprint density at radius 2 is 1.40 bits per heavy atom. The van der Waals surface area contributed by atoms with Crippen molar-refractivity contribution in [3.05, 3.63) is 10.0 Å². The quantitative estimate of drug-likeness (QED) is 0.549. The summed E-state index contributed by atoms with van der Waals surface area (Å²) >= 11 is 1.81. The van der Waals surface area contributed by atoms with Crippen LogP contribution in [0.25, 0.3) is 0 Å². The standard InChI is InChI=1S/C16H31N3S/c1-3-5-6-7-8-9-10-12-15-18-19-16(20-15)13-11-14-17-4-2/h17H,3-14H2,1-2H3. The van der Waals surface area contributed by atoms with Crippen LogP contribution in [0.2, 0.25) is 0 Å². The first kappa shape index (κ1) is 17.6. The fraction of sp³-hybridized carbons (Fsp3) is 0.875. The van der Waals surface area contributed by atoms with Gasteiger partial charge < -0.3 is 5.32 Å². The number of hydrogen-bond donors (Lipinski definition) is 1. The maximum atomic E-state index is 4.31. The van der Waals surface area contributed by atoms with Crippen LogP contribution in [0.15, 0.2) is 0 Å². The van der Waals surface area contributed by atoms with E-state index in [2.05, 4.69) is 29.4 Å². The van der Waals surface area contributed by atoms with E-state index >= 15 is 0 Å². The van der Waals surface area contributed by atoms with Gasteiger partial charge in [-0.25, -0.2) is 0 Å². The normalized spacial score (nSPS) is 11.1. The Hall–Kier alpha value is -0.480. The Bertz CT molecular complexity index is 325. The van der Waals surface area contributed by atoms with Crippen LogP contribution in [-0.4, -0.2) is 23.3 Å². The van der Waals surface area contributed by atoms with Gasteiger partial charge >= 0.3 is 0 Å². The number of nitrogens with zero attached hydrogens (tertiary/aromatic N) is 2. The second-order valence-corrected chi connectivity index (χ2v) is 6.56. The van der Waals surface area contributed by atoms with Gasteiger partial charge in [-0.3, -0.25) is 0 Å². The third-order valence-electron chi connectivity index (χ3n) is 3.50. The van der Waals surface area contributed by atoms with E-state index in [0.717, 1.165) is 25.9 Å². The molecule has 0 unspecified atom stereocenters. The first-order chi connectivity index (χ1) is 9.86. The molecule has 0 radical (unpaired) electrons. The Morgan fingerprint density at radius 3 is 2.05 bits per heavy atom. The zero-order chi connectivity index (χ0) is 14.5. The molecule has 1 rings (SSSR count). The molecule has 0 fully saturated rings. The van der Waals surface area contributed by atoms with Crippen molar-refractivity contribution in [3.8, 4) is 0 Å². The third kappa shape index (κ3) is 8.64. The number of rotatable bonds is 13. The Balaban J connectivity index is 2.02. The second-order valence-electron chi connectivity index (χ2n) is 5.42. The van der Waals surface area contributed by atoms with Crippen LogP contribution in [0.1, 0.15) is 75.2 Å². The van der Waals surface area contributed by atoms with Gasteiger partial charge in [-0.1, -0.05) is 52.4 Å². The third-order valence-corrected chi connectivity index (χ3v) is 4.54. The van der Waals surface area contributed by atoms with Crippen LogP contribution in [-0.2, 0) is 12.8 Å². The predicted molar refractivity (Wildman–Crippen MR) is 88.5 cm³/mol. The summed E-state index contributed by atoms with van der Waals surface area (Å²) in [6.07, 6.45) is 12.9. The van der Waals surface area contributed by atoms with Gasteiger partial charge in [-0.2, -0.15) is 0 Å². The van der Waals surface area contributed by atoms with Crippen LogP contribution in [0.4, 0.5) is 0 Å². The van der Waals surface area contributed by atoms with E-state index in [1.807, 2.05) is 11.3 Å². The van der Waals surface area contributed by atoms with Gasteiger partial charge in [0.15, 0.2) is 0 Å². The molecule has 1 aromatic heterocycles. The molecule has 20 heavy (non-hydrogen) atoms. The lowest BCUT2D eigenvalue weighted by molar-refractivity contribution is 0.588. The maximum Gasteiger partial charge on any atom is 0.117 e. The average Bonchev–Trinajstić information content (AvgIpc) is 2.90. The molecule has 0 aliphatic carbocycles. The van der Waals surface area contributed by atoms with E-state index in [9.17, 15) is 0 Å². The molecule has 1 aromatic rings. The minimum absolute atomic E-state index is 1.06. The van der Waals surface area contributed by atoms with E-state index in [1.54, 1.807) is 0 Å². The van der Waals surface area contributed by atoms with Crippen molar-refractivity contribution in [1.29, 1.82) is 0 Å². The van der Waals surface area contributed by atoms with Crippen molar-refractivity contribution in [3.63, 3.8) is 0 Å². The van der Waals surface area contributed by atoms with Crippen LogP contribution < -0.4 is 5.32 Å². The average molecular weight is 298 g/mol. The van der Waals surface area contributed by atoms with Gasteiger partial charge in [-0.15, -0.1) is 21.5 Å². The van der Waals surface area contributed by atoms with Gasteiger partial charge in [0.2, 0.25) is 0 Å². The Kier molecular flexibility index (Phi) is 10.8. The molecule has 0 saturated heterocycles. The molecule has 1 heterocycles. The first-order valence-electron chi connectivity index (χ1n) is 8.38. The molecule has 0 aromatic carbocycles. The molecular formula is C16H31N3S. The summed E-state index contributed by atoms with van der Waals surface area (Å²) in [5.74, 6) is 0. The maximum absolute atomic E-state index is 4.31. The van der Waals surface area contributed by atoms with Gasteiger partial charge in [0.1, 0.15) is 10.0 Å². The molecule has 0 amide bonds. The smallest absolute Gasteiger partial charge is 0.117 e. The number of aromatic nitrogens is 2. The fourth-order valence-electron chi connectivity index (χ4n) is 2.27. The molecule has 0 bridgehead atoms. The SMILES string of the molecule is CCCCCCCCCc1nnc(CCCNCC)s1. The van der Waals surface area contributed by atoms with Crippen molar-refractivity contribution in [2.45, 2.75) is 78.1 Å². The van der Waals surface area contributed by atoms with Crippen molar-refractivity contribution >= 4 is 11.3 Å². The lowest BCUT2D eigenvalue weighted by Gasteiger charge is -1.99. The summed E-state index contributed by atoms with van der Waals surface area (Å²) in [4.78, 5) is 0. The summed E-state index contributed by atoms with van der Waals surface area (Å²) in [5.41, 5.74) is 0. The number of nitrogens with one attached hydrogen (secondary N) is 1. The monoisotopic (exact) mass is 297 g/mol. The highest BCUT2D eigenvalue weighted by Gasteiger charge is 2.03. The van der Waals surface area contributed by atoms with Gasteiger partial charge in [0.25, 0.3) is 0 Å². The summed E-state index contributed by atoms with van der Waals surface area (Å²) < 4.78 is 0. The molecular weight excluding hydrogens is 266 g/mol. The van der Waals surface area contributed by atoms with Crippen LogP contribution in [0.3, 0.4) is 0 Å². The molecule has 0 saturated carbocycles. The fourth-order valence-corrected chi connectivity index (χ4v) is 3.19. The second kappa shape index (κ2) is 12.3. The van der Waals surface area contributed by atoms with E-state index in [0.29, 0.717) is 0 Å². The van der Waals surface area contributed by atoms with E-state index in [4.69, 9.17) is 0 Å². The molecule has 0 atom stereocenters. The first-order valence-corrected chi connectivity index (χ1v) is 9.20. The topological polar surface area (TPSA) is 37.8 Å². The molecule has 3 nitrogen and oxygen atoms in total. The lowest BCUT2D eigenvalue weighted by atomic mass is 10.1. The zero-order valence-electron chi connectivity index (χ0n) is 13.3. The number of unbranched alkanes of at least 4 members (excludes halogenated alkanes) is 6. The van der Waals surface area contributed by atoms with Crippen molar-refractivity contribution in [1.82, 2.24) is 15.5 Å². The molecule has 1 N–H and O–H groups in total. The van der Waals surface area contributed by atoms with Crippen molar-refractivity contribution in [2.24, 2.45) is 0 Å². The van der Waals surface area contributed by atoms with Crippen LogP contribution in [0, 0.1) is 0 Å². The van der Waals surface area contributed by atoms with Gasteiger partial charge in [0, 0.05) is 12.8 Å². The van der Waals surface area contributed by atoms with Gasteiger partial charge in [-0.05, 0) is 25.9 Å². The molecule has 4 heteroatoms. The largest absolute Gasteiger partial charge is 0.317 e. The Morgan fingerprint density at radius 1 is 0.800 bits per heavy atom. The van der Waals surface area contributed by atoms with E-state index < -0.39 is 0 Å². The van der Waals surface area contributed by atoms with Gasteiger partial charge in [0.05, 0.1) is 0 Å². The molecule has 116 valence electrons. The summed E-state index contributed by atoms with van der Waals surface area (Å²) in [6, 6.07) is 0. The minimum atomic E-state index is 1.06. The zero-order valence-corrected chi connectivity index (χ0v) is 14.1. The lowest BCUT2D eigenvalue weighted by Crippen LogP contribution is -2.14. The molecule has 0 aliphatic rings. The summed E-state index contributed by atoms with van der Waals surface area (Å²) in [7, 11) is 0. The highest BCUT2D eigenvalue weighted by molar-refractivity contribution is 7.11. The highest BCUT2D eigenvalue weighted by Crippen LogP contribution is 2.15. The molecule has 0 aliphatic heterocycles. The summed E-state index contributed by atoms with van der Waals surface area (Å²) in [5, 5.41) is 14.4. The number of aryl methyl sites for hydroxylation is 2. The van der Waals surface area contributed by atoms with E-state index in [-0.39, 0.29) is 0 Å². The van der Waals surface area contributed by atoms with Crippen molar-refractivity contribution in [2.75, 3.05) is 13.1 Å². The van der Waals surface area contributed by atoms with Crippen molar-refractivity contribution < 1.29 is 0 Å². The number of hydrogen-bond acceptors (Lipinski definition) is 4.